The van der Waals surface area contributed by atoms with Crippen LogP contribution in [0.15, 0.2) is 77.5 Å². The number of hydrogen-bond donors (Lipinski definition) is 2. The van der Waals surface area contributed by atoms with E-state index in [1.165, 1.54) is 11.2 Å². The number of carbonyl (C=O) groups is 1. The summed E-state index contributed by atoms with van der Waals surface area (Å²) in [6.45, 7) is 0.0961. The second kappa shape index (κ2) is 7.85. The van der Waals surface area contributed by atoms with Crippen molar-refractivity contribution in [2.45, 2.75) is 12.6 Å². The highest BCUT2D eigenvalue weighted by Crippen LogP contribution is 2.41. The van der Waals surface area contributed by atoms with Crippen LogP contribution in [0.4, 0.5) is 4.79 Å². The van der Waals surface area contributed by atoms with Crippen LogP contribution in [0.1, 0.15) is 22.9 Å². The number of halogens is 1. The zero-order valence-electron chi connectivity index (χ0n) is 15.2. The molecule has 146 valence electrons. The number of hydrogen-bond acceptors (Lipinski definition) is 4. The molecule has 1 amide bonds. The molecular formula is C22H17ClN2O4. The zero-order valence-corrected chi connectivity index (χ0v) is 16.0. The highest BCUT2D eigenvalue weighted by molar-refractivity contribution is 6.35. The predicted octanol–water partition coefficient (Wildman–Crippen LogP) is 5.46. The molecule has 29 heavy (non-hydrogen) atoms. The molecule has 0 saturated heterocycles. The van der Waals surface area contributed by atoms with E-state index in [-0.39, 0.29) is 12.3 Å². The maximum atomic E-state index is 12.2. The minimum Gasteiger partial charge on any atom is -0.505 e. The molecule has 0 spiro atoms. The maximum absolute atomic E-state index is 12.2. The maximum Gasteiger partial charge on any atom is 0.408 e. The Kier molecular flexibility index (Phi) is 5.10. The van der Waals surface area contributed by atoms with Gasteiger partial charge in [0.05, 0.1) is 17.8 Å². The van der Waals surface area contributed by atoms with Crippen LogP contribution in [0.2, 0.25) is 5.02 Å². The number of aromatic hydroxyl groups is 1. The molecule has 0 aliphatic heterocycles. The number of phenolic OH excluding ortho intramolecular Hbond substituents is 1. The van der Waals surface area contributed by atoms with Gasteiger partial charge in [-0.2, -0.15) is 0 Å². The Labute approximate surface area is 171 Å². The summed E-state index contributed by atoms with van der Waals surface area (Å²) in [4.78, 5) is 17.7. The fourth-order valence-corrected chi connectivity index (χ4v) is 3.66. The highest BCUT2D eigenvalue weighted by Gasteiger charge is 2.32. The van der Waals surface area contributed by atoms with E-state index in [2.05, 4.69) is 4.98 Å². The number of nitrogens with zero attached hydrogens (tertiary/aromatic N) is 2. The summed E-state index contributed by atoms with van der Waals surface area (Å²) in [7, 11) is 0. The first-order valence-corrected chi connectivity index (χ1v) is 9.27. The molecule has 1 unspecified atom stereocenters. The van der Waals surface area contributed by atoms with Crippen molar-refractivity contribution in [2.24, 2.45) is 0 Å². The van der Waals surface area contributed by atoms with Crippen molar-refractivity contribution in [3.63, 3.8) is 0 Å². The van der Waals surface area contributed by atoms with Gasteiger partial charge in [0.15, 0.2) is 0 Å². The van der Waals surface area contributed by atoms with Gasteiger partial charge in [-0.15, -0.1) is 0 Å². The highest BCUT2D eigenvalue weighted by atomic mass is 35.5. The second-order valence-corrected chi connectivity index (χ2v) is 6.92. The smallest absolute Gasteiger partial charge is 0.408 e. The molecule has 2 aromatic carbocycles. The Hall–Kier alpha value is -3.51. The fourth-order valence-electron chi connectivity index (χ4n) is 3.39. The number of pyridine rings is 1. The lowest BCUT2D eigenvalue weighted by Gasteiger charge is -2.29. The monoisotopic (exact) mass is 408 g/mol. The van der Waals surface area contributed by atoms with E-state index in [1.807, 2.05) is 30.3 Å². The molecule has 0 saturated carbocycles. The third-order valence-corrected chi connectivity index (χ3v) is 5.02. The average Bonchev–Trinajstić information content (AvgIpc) is 3.26. The fraction of sp³-hybridized carbons (Fsp3) is 0.0909. The van der Waals surface area contributed by atoms with Gasteiger partial charge in [0.1, 0.15) is 23.1 Å². The van der Waals surface area contributed by atoms with Gasteiger partial charge in [-0.1, -0.05) is 41.9 Å². The first-order chi connectivity index (χ1) is 14.1. The standard InChI is InChI=1S/C22H17ClN2O4/c23-17-12-16(21(26)19-15(17)8-4-10-24-19)20(18-9-5-11-29-18)25(22(27)28)13-14-6-2-1-3-7-14/h1-12,20,26H,13H2,(H,27,28). The molecule has 4 rings (SSSR count). The van der Waals surface area contributed by atoms with Crippen LogP contribution in [0.3, 0.4) is 0 Å². The Bertz CT molecular complexity index is 1150. The Morgan fingerprint density at radius 1 is 1.14 bits per heavy atom. The van der Waals surface area contributed by atoms with Crippen LogP contribution < -0.4 is 0 Å². The number of phenols is 1. The van der Waals surface area contributed by atoms with Crippen LogP contribution in [-0.4, -0.2) is 26.2 Å². The van der Waals surface area contributed by atoms with Gasteiger partial charge in [0.2, 0.25) is 0 Å². The van der Waals surface area contributed by atoms with Crippen LogP contribution in [0, 0.1) is 0 Å². The first kappa shape index (κ1) is 18.8. The van der Waals surface area contributed by atoms with Crippen molar-refractivity contribution in [2.75, 3.05) is 0 Å². The zero-order chi connectivity index (χ0) is 20.4. The van der Waals surface area contributed by atoms with Crippen LogP contribution in [0.25, 0.3) is 10.9 Å². The molecule has 6 nitrogen and oxygen atoms in total. The van der Waals surface area contributed by atoms with Gasteiger partial charge >= 0.3 is 6.09 Å². The van der Waals surface area contributed by atoms with Gasteiger partial charge in [0, 0.05) is 17.1 Å². The normalized spacial score (nSPS) is 12.0. The Morgan fingerprint density at radius 2 is 1.93 bits per heavy atom. The Balaban J connectivity index is 1.90. The molecule has 0 radical (unpaired) electrons. The van der Waals surface area contributed by atoms with Gasteiger partial charge in [-0.05, 0) is 35.9 Å². The third-order valence-electron chi connectivity index (χ3n) is 4.71. The largest absolute Gasteiger partial charge is 0.505 e. The van der Waals surface area contributed by atoms with E-state index in [1.54, 1.807) is 36.5 Å². The van der Waals surface area contributed by atoms with E-state index in [9.17, 15) is 15.0 Å². The van der Waals surface area contributed by atoms with Crippen molar-refractivity contribution >= 4 is 28.6 Å². The summed E-state index contributed by atoms with van der Waals surface area (Å²) >= 11 is 6.44. The lowest BCUT2D eigenvalue weighted by molar-refractivity contribution is 0.122. The molecule has 4 aromatic rings. The molecule has 7 heteroatoms. The quantitative estimate of drug-likeness (QED) is 0.458. The molecule has 0 bridgehead atoms. The number of benzene rings is 2. The molecule has 1 atom stereocenters. The SMILES string of the molecule is O=C(O)N(Cc1ccccc1)C(c1ccco1)c1cc(Cl)c2cccnc2c1O. The van der Waals surface area contributed by atoms with E-state index in [0.29, 0.717) is 27.2 Å². The van der Waals surface area contributed by atoms with Crippen molar-refractivity contribution in [1.82, 2.24) is 9.88 Å². The number of furan rings is 1. The Morgan fingerprint density at radius 3 is 2.62 bits per heavy atom. The van der Waals surface area contributed by atoms with Crippen LogP contribution in [0.5, 0.6) is 5.75 Å². The summed E-state index contributed by atoms with van der Waals surface area (Å²) in [6.07, 6.45) is 1.85. The number of aromatic nitrogens is 1. The molecular weight excluding hydrogens is 392 g/mol. The van der Waals surface area contributed by atoms with E-state index >= 15 is 0 Å². The summed E-state index contributed by atoms with van der Waals surface area (Å²) < 4.78 is 5.55. The van der Waals surface area contributed by atoms with Crippen molar-refractivity contribution < 1.29 is 19.4 Å². The lowest BCUT2D eigenvalue weighted by Crippen LogP contribution is -2.34. The predicted molar refractivity (Wildman–Crippen MR) is 109 cm³/mol. The summed E-state index contributed by atoms with van der Waals surface area (Å²) in [5, 5.41) is 21.9. The minimum absolute atomic E-state index is 0.0961. The molecule has 0 aliphatic carbocycles. The second-order valence-electron chi connectivity index (χ2n) is 6.51. The summed E-state index contributed by atoms with van der Waals surface area (Å²) in [5.41, 5.74) is 1.40. The molecule has 0 fully saturated rings. The average molecular weight is 409 g/mol. The van der Waals surface area contributed by atoms with Gasteiger partial charge < -0.3 is 14.6 Å². The number of rotatable bonds is 5. The lowest BCUT2D eigenvalue weighted by atomic mass is 9.98. The van der Waals surface area contributed by atoms with Gasteiger partial charge in [0.25, 0.3) is 0 Å². The minimum atomic E-state index is -1.16. The number of carboxylic acid groups (broad SMARTS) is 1. The van der Waals surface area contributed by atoms with Crippen LogP contribution >= 0.6 is 11.6 Å². The van der Waals surface area contributed by atoms with Crippen molar-refractivity contribution in [1.29, 1.82) is 0 Å². The molecule has 2 heterocycles. The third kappa shape index (κ3) is 3.62. The molecule has 2 aromatic heterocycles. The summed E-state index contributed by atoms with van der Waals surface area (Å²) in [6, 6.07) is 16.7. The number of amides is 1. The molecule has 0 aliphatic rings. The van der Waals surface area contributed by atoms with Gasteiger partial charge in [-0.3, -0.25) is 9.88 Å². The van der Waals surface area contributed by atoms with Gasteiger partial charge in [-0.25, -0.2) is 4.79 Å². The van der Waals surface area contributed by atoms with Crippen LogP contribution in [-0.2, 0) is 6.54 Å². The van der Waals surface area contributed by atoms with Crippen molar-refractivity contribution in [3.8, 4) is 5.75 Å². The number of fused-ring (bicyclic) bond motifs is 1. The van der Waals surface area contributed by atoms with Crippen molar-refractivity contribution in [3.05, 3.63) is 95.0 Å². The van der Waals surface area contributed by atoms with E-state index in [0.717, 1.165) is 5.56 Å². The van der Waals surface area contributed by atoms with E-state index in [4.69, 9.17) is 16.0 Å². The summed E-state index contributed by atoms with van der Waals surface area (Å²) in [5.74, 6) is 0.232. The van der Waals surface area contributed by atoms with E-state index < -0.39 is 12.1 Å². The topological polar surface area (TPSA) is 86.8 Å². The molecule has 2 N–H and O–H groups in total. The first-order valence-electron chi connectivity index (χ1n) is 8.89.